The lowest BCUT2D eigenvalue weighted by Gasteiger charge is -2.15. The van der Waals surface area contributed by atoms with Crippen LogP contribution in [0.25, 0.3) is 0 Å². The van der Waals surface area contributed by atoms with Crippen LogP contribution in [0, 0.1) is 6.92 Å². The minimum atomic E-state index is 0.242. The maximum absolute atomic E-state index is 5.92. The van der Waals surface area contributed by atoms with Gasteiger partial charge in [0.2, 0.25) is 0 Å². The van der Waals surface area contributed by atoms with Crippen LogP contribution in [-0.4, -0.2) is 4.98 Å². The number of hydrogen-bond acceptors (Lipinski definition) is 3. The molecule has 2 aromatic rings. The summed E-state index contributed by atoms with van der Waals surface area (Å²) in [7, 11) is 0. The molecular formula is C12H13ClN2S. The number of rotatable bonds is 3. The van der Waals surface area contributed by atoms with Gasteiger partial charge in [0.25, 0.3) is 0 Å². The lowest BCUT2D eigenvalue weighted by molar-refractivity contribution is 0.885. The lowest BCUT2D eigenvalue weighted by atomic mass is 10.1. The second-order valence-electron chi connectivity index (χ2n) is 3.69. The smallest absolute Gasteiger partial charge is 0.0931 e. The van der Waals surface area contributed by atoms with Crippen LogP contribution in [-0.2, 0) is 0 Å². The molecule has 2 aromatic heterocycles. The molecule has 0 saturated carbocycles. The van der Waals surface area contributed by atoms with Crippen molar-refractivity contribution in [3.05, 3.63) is 45.4 Å². The molecule has 2 heterocycles. The van der Waals surface area contributed by atoms with Crippen LogP contribution in [0.4, 0.5) is 5.69 Å². The van der Waals surface area contributed by atoms with Crippen LogP contribution in [0.5, 0.6) is 0 Å². The Bertz CT molecular complexity index is 481. The summed E-state index contributed by atoms with van der Waals surface area (Å²) < 4.78 is 0.826. The fraction of sp³-hybridized carbons (Fsp3) is 0.250. The van der Waals surface area contributed by atoms with Crippen LogP contribution in [0.1, 0.15) is 24.2 Å². The minimum Gasteiger partial charge on any atom is -0.377 e. The molecule has 1 unspecified atom stereocenters. The van der Waals surface area contributed by atoms with Crippen LogP contribution in [0.15, 0.2) is 29.8 Å². The molecule has 0 radical (unpaired) electrons. The first-order valence-electron chi connectivity index (χ1n) is 5.09. The van der Waals surface area contributed by atoms with Gasteiger partial charge < -0.3 is 5.32 Å². The summed E-state index contributed by atoms with van der Waals surface area (Å²) in [4.78, 5) is 4.25. The van der Waals surface area contributed by atoms with Gasteiger partial charge in [0.15, 0.2) is 0 Å². The second kappa shape index (κ2) is 4.85. The van der Waals surface area contributed by atoms with Crippen molar-refractivity contribution in [2.24, 2.45) is 0 Å². The van der Waals surface area contributed by atoms with Gasteiger partial charge in [-0.15, -0.1) is 11.3 Å². The zero-order valence-corrected chi connectivity index (χ0v) is 10.8. The van der Waals surface area contributed by atoms with E-state index < -0.39 is 0 Å². The van der Waals surface area contributed by atoms with E-state index in [4.69, 9.17) is 11.6 Å². The van der Waals surface area contributed by atoms with E-state index in [0.717, 1.165) is 15.7 Å². The van der Waals surface area contributed by atoms with Gasteiger partial charge in [-0.25, -0.2) is 0 Å². The zero-order valence-electron chi connectivity index (χ0n) is 9.20. The average Bonchev–Trinajstić information content (AvgIpc) is 2.68. The first-order chi connectivity index (χ1) is 7.66. The molecule has 1 atom stereocenters. The van der Waals surface area contributed by atoms with Crippen molar-refractivity contribution in [3.63, 3.8) is 0 Å². The van der Waals surface area contributed by atoms with Crippen molar-refractivity contribution in [2.75, 3.05) is 5.32 Å². The summed E-state index contributed by atoms with van der Waals surface area (Å²) in [5.74, 6) is 0. The van der Waals surface area contributed by atoms with E-state index in [1.165, 1.54) is 5.56 Å². The third kappa shape index (κ3) is 2.54. The Morgan fingerprint density at radius 2 is 2.31 bits per heavy atom. The van der Waals surface area contributed by atoms with Crippen LogP contribution in [0.3, 0.4) is 0 Å². The number of aryl methyl sites for hydroxylation is 1. The van der Waals surface area contributed by atoms with E-state index >= 15 is 0 Å². The highest BCUT2D eigenvalue weighted by Gasteiger charge is 2.08. The van der Waals surface area contributed by atoms with Gasteiger partial charge >= 0.3 is 0 Å². The molecule has 0 aliphatic carbocycles. The Kier molecular flexibility index (Phi) is 3.46. The van der Waals surface area contributed by atoms with Gasteiger partial charge in [0.05, 0.1) is 15.7 Å². The minimum absolute atomic E-state index is 0.242. The summed E-state index contributed by atoms with van der Waals surface area (Å²) in [5, 5.41) is 5.50. The van der Waals surface area contributed by atoms with Crippen molar-refractivity contribution in [1.82, 2.24) is 4.98 Å². The first kappa shape index (κ1) is 11.4. The van der Waals surface area contributed by atoms with Crippen LogP contribution in [0.2, 0.25) is 4.34 Å². The molecule has 4 heteroatoms. The van der Waals surface area contributed by atoms with Gasteiger partial charge in [-0.3, -0.25) is 4.98 Å². The quantitative estimate of drug-likeness (QED) is 0.882. The Balaban J connectivity index is 2.13. The monoisotopic (exact) mass is 252 g/mol. The highest BCUT2D eigenvalue weighted by atomic mass is 35.5. The molecule has 0 amide bonds. The second-order valence-corrected chi connectivity index (χ2v) is 5.23. The molecule has 84 valence electrons. The number of nitrogens with zero attached hydrogens (tertiary/aromatic N) is 1. The summed E-state index contributed by atoms with van der Waals surface area (Å²) in [6.45, 7) is 4.11. The van der Waals surface area contributed by atoms with E-state index in [2.05, 4.69) is 22.6 Å². The van der Waals surface area contributed by atoms with Gasteiger partial charge in [0.1, 0.15) is 0 Å². The number of aromatic nitrogens is 1. The fourth-order valence-electron chi connectivity index (χ4n) is 1.50. The summed E-state index contributed by atoms with van der Waals surface area (Å²) in [5.41, 5.74) is 3.28. The topological polar surface area (TPSA) is 24.9 Å². The van der Waals surface area contributed by atoms with E-state index in [-0.39, 0.29) is 6.04 Å². The number of nitrogens with one attached hydrogen (secondary N) is 1. The van der Waals surface area contributed by atoms with Gasteiger partial charge in [-0.05, 0) is 43.0 Å². The Morgan fingerprint density at radius 3 is 2.94 bits per heavy atom. The van der Waals surface area contributed by atoms with E-state index in [1.807, 2.05) is 25.1 Å². The van der Waals surface area contributed by atoms with Gasteiger partial charge in [-0.2, -0.15) is 0 Å². The predicted molar refractivity (Wildman–Crippen MR) is 70.3 cm³/mol. The number of halogens is 1. The Morgan fingerprint density at radius 1 is 1.50 bits per heavy atom. The standard InChI is InChI=1S/C12H13ClN2S/c1-8(10-6-12(13)16-7-10)15-11-4-3-5-14-9(11)2/h3-8,15H,1-2H3. The van der Waals surface area contributed by atoms with Crippen molar-refractivity contribution >= 4 is 28.6 Å². The SMILES string of the molecule is Cc1ncccc1NC(C)c1csc(Cl)c1. The summed E-state index contributed by atoms with van der Waals surface area (Å²) in [6, 6.07) is 6.21. The highest BCUT2D eigenvalue weighted by molar-refractivity contribution is 7.14. The predicted octanol–water partition coefficient (Wildman–Crippen LogP) is 4.28. The van der Waals surface area contributed by atoms with Gasteiger partial charge in [-0.1, -0.05) is 11.6 Å². The van der Waals surface area contributed by atoms with E-state index in [0.29, 0.717) is 0 Å². The molecule has 0 aromatic carbocycles. The Labute approximate surface area is 104 Å². The number of pyridine rings is 1. The third-order valence-corrected chi connectivity index (χ3v) is 3.58. The van der Waals surface area contributed by atoms with Crippen LogP contribution < -0.4 is 5.32 Å². The fourth-order valence-corrected chi connectivity index (χ4v) is 2.49. The zero-order chi connectivity index (χ0) is 11.5. The molecule has 0 fully saturated rings. The largest absolute Gasteiger partial charge is 0.377 e. The molecule has 2 rings (SSSR count). The maximum Gasteiger partial charge on any atom is 0.0931 e. The molecule has 16 heavy (non-hydrogen) atoms. The number of hydrogen-bond donors (Lipinski definition) is 1. The van der Waals surface area contributed by atoms with Crippen LogP contribution >= 0.6 is 22.9 Å². The van der Waals surface area contributed by atoms with Gasteiger partial charge in [0, 0.05) is 12.2 Å². The summed E-state index contributed by atoms with van der Waals surface area (Å²) in [6.07, 6.45) is 1.80. The maximum atomic E-state index is 5.92. The summed E-state index contributed by atoms with van der Waals surface area (Å²) >= 11 is 7.47. The normalized spacial score (nSPS) is 12.4. The molecule has 1 N–H and O–H groups in total. The molecular weight excluding hydrogens is 240 g/mol. The van der Waals surface area contributed by atoms with Crippen molar-refractivity contribution in [3.8, 4) is 0 Å². The molecule has 0 aliphatic rings. The molecule has 0 aliphatic heterocycles. The van der Waals surface area contributed by atoms with Crippen molar-refractivity contribution < 1.29 is 0 Å². The third-order valence-electron chi connectivity index (χ3n) is 2.47. The number of anilines is 1. The van der Waals surface area contributed by atoms with Crippen molar-refractivity contribution in [2.45, 2.75) is 19.9 Å². The van der Waals surface area contributed by atoms with E-state index in [9.17, 15) is 0 Å². The first-order valence-corrected chi connectivity index (χ1v) is 6.34. The van der Waals surface area contributed by atoms with E-state index in [1.54, 1.807) is 17.5 Å². The molecule has 2 nitrogen and oxygen atoms in total. The average molecular weight is 253 g/mol. The molecule has 0 spiro atoms. The highest BCUT2D eigenvalue weighted by Crippen LogP contribution is 2.27. The molecule has 0 saturated heterocycles. The van der Waals surface area contributed by atoms with Crippen molar-refractivity contribution in [1.29, 1.82) is 0 Å². The molecule has 0 bridgehead atoms. The number of thiophene rings is 1. The lowest BCUT2D eigenvalue weighted by Crippen LogP contribution is -2.07. The Hall–Kier alpha value is -1.06.